The number of carbonyl (C=O) groups is 2. The van der Waals surface area contributed by atoms with Crippen molar-refractivity contribution in [3.8, 4) is 0 Å². The summed E-state index contributed by atoms with van der Waals surface area (Å²) >= 11 is 0. The van der Waals surface area contributed by atoms with Gasteiger partial charge in [-0.3, -0.25) is 9.59 Å². The van der Waals surface area contributed by atoms with E-state index >= 15 is 0 Å². The van der Waals surface area contributed by atoms with E-state index in [4.69, 9.17) is 5.73 Å². The first-order valence-corrected chi connectivity index (χ1v) is 6.40. The van der Waals surface area contributed by atoms with Crippen LogP contribution in [-0.2, 0) is 16.0 Å². The molecule has 0 fully saturated rings. The monoisotopic (exact) mass is 310 g/mol. The zero-order valence-corrected chi connectivity index (χ0v) is 12.5. The van der Waals surface area contributed by atoms with E-state index in [-0.39, 0.29) is 30.8 Å². The second-order valence-corrected chi connectivity index (χ2v) is 4.56. The van der Waals surface area contributed by atoms with E-state index in [0.717, 1.165) is 16.5 Å². The Balaban J connectivity index is 0.00000220. The predicted octanol–water partition coefficient (Wildman–Crippen LogP) is 0.322. The van der Waals surface area contributed by atoms with Crippen molar-refractivity contribution in [1.29, 1.82) is 0 Å². The molecule has 0 spiro atoms. The molecular weight excluding hydrogens is 292 g/mol. The number of aromatic nitrogens is 1. The molecule has 0 saturated carbocycles. The number of benzene rings is 1. The normalized spacial score (nSPS) is 11.5. The smallest absolute Gasteiger partial charge is 0.239 e. The van der Waals surface area contributed by atoms with Crippen LogP contribution < -0.4 is 16.4 Å². The van der Waals surface area contributed by atoms with Crippen LogP contribution in [0.15, 0.2) is 30.5 Å². The molecule has 7 heteroatoms. The molecule has 5 N–H and O–H groups in total. The Morgan fingerprint density at radius 2 is 2.05 bits per heavy atom. The Hall–Kier alpha value is -2.05. The van der Waals surface area contributed by atoms with Crippen LogP contribution in [0.25, 0.3) is 10.9 Å². The van der Waals surface area contributed by atoms with Gasteiger partial charge in [-0.05, 0) is 18.1 Å². The van der Waals surface area contributed by atoms with Gasteiger partial charge in [0, 0.05) is 24.1 Å². The molecule has 1 aromatic heterocycles. The topological polar surface area (TPSA) is 100 Å². The van der Waals surface area contributed by atoms with E-state index in [2.05, 4.69) is 15.6 Å². The number of hydrogen-bond donors (Lipinski definition) is 4. The molecule has 114 valence electrons. The fraction of sp³-hybridized carbons (Fsp3) is 0.286. The highest BCUT2D eigenvalue weighted by molar-refractivity contribution is 5.88. The van der Waals surface area contributed by atoms with Crippen LogP contribution in [0, 0.1) is 0 Å². The van der Waals surface area contributed by atoms with Crippen molar-refractivity contribution < 1.29 is 9.59 Å². The summed E-state index contributed by atoms with van der Waals surface area (Å²) < 4.78 is 0. The number of nitrogens with two attached hydrogens (primary N) is 1. The Kier molecular flexibility index (Phi) is 6.20. The van der Waals surface area contributed by atoms with E-state index < -0.39 is 6.04 Å². The van der Waals surface area contributed by atoms with Crippen molar-refractivity contribution in [3.63, 3.8) is 0 Å². The van der Waals surface area contributed by atoms with Gasteiger partial charge in [0.05, 0.1) is 12.6 Å². The minimum absolute atomic E-state index is 0. The molecule has 1 atom stereocenters. The fourth-order valence-corrected chi connectivity index (χ4v) is 2.02. The molecule has 2 aromatic rings. The van der Waals surface area contributed by atoms with Crippen LogP contribution in [0.2, 0.25) is 0 Å². The van der Waals surface area contributed by atoms with Crippen LogP contribution in [-0.4, -0.2) is 36.4 Å². The third-order valence-corrected chi connectivity index (χ3v) is 3.15. The number of amides is 2. The molecule has 0 aliphatic carbocycles. The van der Waals surface area contributed by atoms with Crippen molar-refractivity contribution >= 4 is 35.1 Å². The molecule has 1 aromatic carbocycles. The lowest BCUT2D eigenvalue weighted by molar-refractivity contribution is -0.126. The van der Waals surface area contributed by atoms with Crippen molar-refractivity contribution in [2.24, 2.45) is 5.73 Å². The summed E-state index contributed by atoms with van der Waals surface area (Å²) in [5, 5.41) is 5.99. The summed E-state index contributed by atoms with van der Waals surface area (Å²) in [6.45, 7) is -0.0586. The lowest BCUT2D eigenvalue weighted by Crippen LogP contribution is -2.45. The fourth-order valence-electron chi connectivity index (χ4n) is 2.02. The van der Waals surface area contributed by atoms with E-state index in [1.54, 1.807) is 0 Å². The number of para-hydroxylation sites is 1. The summed E-state index contributed by atoms with van der Waals surface area (Å²) in [6, 6.07) is 7.15. The maximum absolute atomic E-state index is 11.8. The number of rotatable bonds is 5. The number of likely N-dealkylation sites (N-methyl/N-ethyl adjacent to an activating group) is 1. The van der Waals surface area contributed by atoms with Crippen LogP contribution in [0.1, 0.15) is 5.56 Å². The first kappa shape index (κ1) is 17.0. The molecule has 0 aliphatic rings. The number of fused-ring (bicyclic) bond motifs is 1. The molecule has 21 heavy (non-hydrogen) atoms. The van der Waals surface area contributed by atoms with Gasteiger partial charge >= 0.3 is 0 Å². The number of aromatic amines is 1. The van der Waals surface area contributed by atoms with Crippen LogP contribution in [0.4, 0.5) is 0 Å². The third kappa shape index (κ3) is 4.21. The standard InChI is InChI=1S/C14H18N4O2.ClH/c1-16-13(19)8-18-14(20)11(15)6-9-7-17-12-5-3-2-4-10(9)12;/h2-5,7,11,17H,6,8,15H2,1H3,(H,16,19)(H,18,20);1H/t11-;/m0./s1. The first-order chi connectivity index (χ1) is 9.61. The third-order valence-electron chi connectivity index (χ3n) is 3.15. The molecule has 0 aliphatic heterocycles. The summed E-state index contributed by atoms with van der Waals surface area (Å²) in [4.78, 5) is 26.0. The molecule has 0 bridgehead atoms. The van der Waals surface area contributed by atoms with Crippen molar-refractivity contribution in [2.75, 3.05) is 13.6 Å². The zero-order chi connectivity index (χ0) is 14.5. The number of H-pyrrole nitrogens is 1. The average molecular weight is 311 g/mol. The average Bonchev–Trinajstić information content (AvgIpc) is 2.87. The van der Waals surface area contributed by atoms with Gasteiger partial charge in [0.2, 0.25) is 11.8 Å². The molecule has 0 saturated heterocycles. The van der Waals surface area contributed by atoms with Crippen molar-refractivity contribution in [2.45, 2.75) is 12.5 Å². The van der Waals surface area contributed by atoms with Crippen molar-refractivity contribution in [3.05, 3.63) is 36.0 Å². The van der Waals surface area contributed by atoms with Crippen LogP contribution in [0.5, 0.6) is 0 Å². The van der Waals surface area contributed by atoms with Gasteiger partial charge in [0.15, 0.2) is 0 Å². The maximum Gasteiger partial charge on any atom is 0.239 e. The Labute approximate surface area is 128 Å². The Morgan fingerprint density at radius 1 is 1.33 bits per heavy atom. The van der Waals surface area contributed by atoms with E-state index in [0.29, 0.717) is 6.42 Å². The summed E-state index contributed by atoms with van der Waals surface area (Å²) in [7, 11) is 1.51. The van der Waals surface area contributed by atoms with Gasteiger partial charge in [-0.2, -0.15) is 0 Å². The van der Waals surface area contributed by atoms with E-state index in [1.165, 1.54) is 7.05 Å². The SMILES string of the molecule is CNC(=O)CNC(=O)[C@@H](N)Cc1c[nH]c2ccccc12.Cl. The Morgan fingerprint density at radius 3 is 2.76 bits per heavy atom. The highest BCUT2D eigenvalue weighted by Gasteiger charge is 2.16. The van der Waals surface area contributed by atoms with Crippen molar-refractivity contribution in [1.82, 2.24) is 15.6 Å². The highest BCUT2D eigenvalue weighted by Crippen LogP contribution is 2.18. The van der Waals surface area contributed by atoms with E-state index in [9.17, 15) is 9.59 Å². The van der Waals surface area contributed by atoms with Crippen LogP contribution >= 0.6 is 12.4 Å². The second kappa shape index (κ2) is 7.66. The highest BCUT2D eigenvalue weighted by atomic mass is 35.5. The van der Waals surface area contributed by atoms with Gasteiger partial charge < -0.3 is 21.4 Å². The lowest BCUT2D eigenvalue weighted by atomic mass is 10.1. The van der Waals surface area contributed by atoms with Gasteiger partial charge in [0.1, 0.15) is 0 Å². The largest absolute Gasteiger partial charge is 0.361 e. The van der Waals surface area contributed by atoms with Crippen LogP contribution in [0.3, 0.4) is 0 Å². The minimum Gasteiger partial charge on any atom is -0.361 e. The summed E-state index contributed by atoms with van der Waals surface area (Å²) in [6.07, 6.45) is 2.28. The number of hydrogen-bond acceptors (Lipinski definition) is 3. The van der Waals surface area contributed by atoms with Gasteiger partial charge in [-0.15, -0.1) is 12.4 Å². The lowest BCUT2D eigenvalue weighted by Gasteiger charge is -2.11. The Bertz CT molecular complexity index is 626. The van der Waals surface area contributed by atoms with Gasteiger partial charge in [0.25, 0.3) is 0 Å². The molecule has 2 amide bonds. The molecule has 0 unspecified atom stereocenters. The van der Waals surface area contributed by atoms with E-state index in [1.807, 2.05) is 30.5 Å². The predicted molar refractivity (Wildman–Crippen MR) is 84.3 cm³/mol. The summed E-state index contributed by atoms with van der Waals surface area (Å²) in [5.74, 6) is -0.587. The molecule has 0 radical (unpaired) electrons. The second-order valence-electron chi connectivity index (χ2n) is 4.56. The number of halogens is 1. The summed E-state index contributed by atoms with van der Waals surface area (Å²) in [5.41, 5.74) is 7.87. The van der Waals surface area contributed by atoms with Gasteiger partial charge in [-0.25, -0.2) is 0 Å². The number of nitrogens with one attached hydrogen (secondary N) is 3. The minimum atomic E-state index is -0.682. The van der Waals surface area contributed by atoms with Gasteiger partial charge in [-0.1, -0.05) is 18.2 Å². The zero-order valence-electron chi connectivity index (χ0n) is 11.7. The molecule has 6 nitrogen and oxygen atoms in total. The first-order valence-electron chi connectivity index (χ1n) is 6.40. The quantitative estimate of drug-likeness (QED) is 0.640. The maximum atomic E-state index is 11.8. The molecule has 1 heterocycles. The molecular formula is C14H19ClN4O2. The number of carbonyl (C=O) groups excluding carboxylic acids is 2. The molecule has 2 rings (SSSR count).